The zero-order chi connectivity index (χ0) is 22.5. The fourth-order valence-corrected chi connectivity index (χ4v) is 5.13. The first-order chi connectivity index (χ1) is 15.6. The summed E-state index contributed by atoms with van der Waals surface area (Å²) in [5.41, 5.74) is 1.08. The number of amides is 1. The van der Waals surface area contributed by atoms with Gasteiger partial charge in [-0.05, 0) is 67.4 Å². The molecule has 2 aliphatic rings. The molecule has 5 nitrogen and oxygen atoms in total. The van der Waals surface area contributed by atoms with Crippen molar-refractivity contribution in [1.29, 1.82) is 0 Å². The van der Waals surface area contributed by atoms with Crippen LogP contribution in [-0.4, -0.2) is 35.7 Å². The van der Waals surface area contributed by atoms with Crippen LogP contribution in [0.4, 0.5) is 10.1 Å². The lowest BCUT2D eigenvalue weighted by atomic mass is 9.94. The van der Waals surface area contributed by atoms with Gasteiger partial charge in [0, 0.05) is 6.04 Å². The average molecular weight is 455 g/mol. The maximum Gasteiger partial charge on any atom is 0.267 e. The lowest BCUT2D eigenvalue weighted by Gasteiger charge is -2.30. The number of carbonyl (C=O) groups excluding carboxylic acids is 1. The summed E-state index contributed by atoms with van der Waals surface area (Å²) in [5, 5.41) is 0.539. The molecular formula is C25H27FN2O3S. The molecule has 1 saturated carbocycles. The van der Waals surface area contributed by atoms with Gasteiger partial charge in [0.25, 0.3) is 5.91 Å². The van der Waals surface area contributed by atoms with Crippen LogP contribution >= 0.6 is 11.8 Å². The van der Waals surface area contributed by atoms with Crippen LogP contribution in [0.25, 0.3) is 6.08 Å². The average Bonchev–Trinajstić information content (AvgIpc) is 3.11. The topological polar surface area (TPSA) is 51.1 Å². The fraction of sp³-hybridized carbons (Fsp3) is 0.360. The minimum atomic E-state index is -0.398. The number of rotatable bonds is 6. The molecular weight excluding hydrogens is 427 g/mol. The molecule has 0 N–H and O–H groups in total. The lowest BCUT2D eigenvalue weighted by Crippen LogP contribution is -2.40. The summed E-state index contributed by atoms with van der Waals surface area (Å²) in [6.45, 7) is 2.42. The first kappa shape index (κ1) is 22.4. The van der Waals surface area contributed by atoms with Crippen LogP contribution in [-0.2, 0) is 4.79 Å². The second-order valence-corrected chi connectivity index (χ2v) is 8.78. The highest BCUT2D eigenvalue weighted by Crippen LogP contribution is 2.39. The largest absolute Gasteiger partial charge is 0.493 e. The summed E-state index contributed by atoms with van der Waals surface area (Å²) in [4.78, 5) is 20.3. The molecule has 0 atom stereocenters. The number of hydrogen-bond acceptors (Lipinski definition) is 5. The SMILES string of the molecule is CCOc1cc(/C=C2\SC(=Nc3ccccc3F)N(C3CCCCC3)C2=O)ccc1OC. The number of nitrogens with zero attached hydrogens (tertiary/aromatic N) is 2. The zero-order valence-electron chi connectivity index (χ0n) is 18.3. The van der Waals surface area contributed by atoms with E-state index in [0.29, 0.717) is 28.2 Å². The molecule has 168 valence electrons. The highest BCUT2D eigenvalue weighted by atomic mass is 32.2. The minimum absolute atomic E-state index is 0.0780. The normalized spacial score (nSPS) is 19.7. The van der Waals surface area contributed by atoms with E-state index in [0.717, 1.165) is 31.2 Å². The van der Waals surface area contributed by atoms with Crippen LogP contribution in [0.15, 0.2) is 52.4 Å². The van der Waals surface area contributed by atoms with E-state index in [1.54, 1.807) is 30.2 Å². The third-order valence-corrected chi connectivity index (χ3v) is 6.61. The Kier molecular flexibility index (Phi) is 7.15. The van der Waals surface area contributed by atoms with Gasteiger partial charge < -0.3 is 9.47 Å². The zero-order valence-corrected chi connectivity index (χ0v) is 19.2. The second-order valence-electron chi connectivity index (χ2n) is 7.77. The molecule has 7 heteroatoms. The molecule has 1 heterocycles. The summed E-state index contributed by atoms with van der Waals surface area (Å²) >= 11 is 1.30. The lowest BCUT2D eigenvalue weighted by molar-refractivity contribution is -0.124. The first-order valence-corrected chi connectivity index (χ1v) is 11.8. The first-order valence-electron chi connectivity index (χ1n) is 11.0. The Hall–Kier alpha value is -2.80. The fourth-order valence-electron chi connectivity index (χ4n) is 4.07. The molecule has 1 amide bonds. The van der Waals surface area contributed by atoms with Crippen molar-refractivity contribution in [3.05, 3.63) is 58.8 Å². The van der Waals surface area contributed by atoms with Crippen molar-refractivity contribution in [2.75, 3.05) is 13.7 Å². The number of hydrogen-bond donors (Lipinski definition) is 0. The van der Waals surface area contributed by atoms with Gasteiger partial charge in [-0.3, -0.25) is 9.69 Å². The number of halogens is 1. The number of methoxy groups -OCH3 is 1. The van der Waals surface area contributed by atoms with Crippen molar-refractivity contribution in [2.24, 2.45) is 4.99 Å². The molecule has 0 aromatic heterocycles. The predicted octanol–water partition coefficient (Wildman–Crippen LogP) is 6.17. The highest BCUT2D eigenvalue weighted by Gasteiger charge is 2.38. The highest BCUT2D eigenvalue weighted by molar-refractivity contribution is 8.18. The Morgan fingerprint density at radius 3 is 2.66 bits per heavy atom. The Balaban J connectivity index is 1.70. The summed E-state index contributed by atoms with van der Waals surface area (Å²) in [6, 6.07) is 12.1. The Morgan fingerprint density at radius 1 is 1.16 bits per heavy atom. The third kappa shape index (κ3) is 4.83. The van der Waals surface area contributed by atoms with E-state index in [-0.39, 0.29) is 17.6 Å². The van der Waals surface area contributed by atoms with Crippen molar-refractivity contribution >= 4 is 34.6 Å². The number of benzene rings is 2. The summed E-state index contributed by atoms with van der Waals surface area (Å²) in [5.74, 6) is 0.797. The van der Waals surface area contributed by atoms with Crippen LogP contribution in [0.3, 0.4) is 0 Å². The molecule has 2 aromatic carbocycles. The molecule has 2 fully saturated rings. The van der Waals surface area contributed by atoms with E-state index < -0.39 is 5.82 Å². The maximum absolute atomic E-state index is 14.3. The Bertz CT molecular complexity index is 1050. The molecule has 1 aliphatic heterocycles. The number of para-hydroxylation sites is 1. The molecule has 4 rings (SSSR count). The molecule has 1 aliphatic carbocycles. The number of carbonyl (C=O) groups is 1. The van der Waals surface area contributed by atoms with Gasteiger partial charge in [-0.2, -0.15) is 0 Å². The van der Waals surface area contributed by atoms with Crippen molar-refractivity contribution in [1.82, 2.24) is 4.90 Å². The monoisotopic (exact) mass is 454 g/mol. The van der Waals surface area contributed by atoms with Gasteiger partial charge in [0.1, 0.15) is 11.5 Å². The quantitative estimate of drug-likeness (QED) is 0.490. The van der Waals surface area contributed by atoms with Gasteiger partial charge in [-0.1, -0.05) is 37.5 Å². The van der Waals surface area contributed by atoms with Crippen molar-refractivity contribution < 1.29 is 18.7 Å². The van der Waals surface area contributed by atoms with Crippen molar-refractivity contribution in [2.45, 2.75) is 45.1 Å². The van der Waals surface area contributed by atoms with Gasteiger partial charge in [0.2, 0.25) is 0 Å². The molecule has 2 aromatic rings. The maximum atomic E-state index is 14.3. The van der Waals surface area contributed by atoms with Gasteiger partial charge in [-0.25, -0.2) is 9.38 Å². The van der Waals surface area contributed by atoms with E-state index in [1.165, 1.54) is 24.2 Å². The van der Waals surface area contributed by atoms with E-state index >= 15 is 0 Å². The van der Waals surface area contributed by atoms with Gasteiger partial charge in [0.05, 0.1) is 18.6 Å². The number of ether oxygens (including phenoxy) is 2. The van der Waals surface area contributed by atoms with E-state index in [2.05, 4.69) is 4.99 Å². The number of thioether (sulfide) groups is 1. The predicted molar refractivity (Wildman–Crippen MR) is 127 cm³/mol. The molecule has 32 heavy (non-hydrogen) atoms. The third-order valence-electron chi connectivity index (χ3n) is 5.63. The second kappa shape index (κ2) is 10.2. The van der Waals surface area contributed by atoms with Crippen LogP contribution in [0.5, 0.6) is 11.5 Å². The number of aliphatic imine (C=N–C) groups is 1. The smallest absolute Gasteiger partial charge is 0.267 e. The molecule has 0 radical (unpaired) electrons. The molecule has 0 spiro atoms. The van der Waals surface area contributed by atoms with Gasteiger partial charge >= 0.3 is 0 Å². The van der Waals surface area contributed by atoms with Crippen molar-refractivity contribution in [3.63, 3.8) is 0 Å². The van der Waals surface area contributed by atoms with Crippen LogP contribution in [0.1, 0.15) is 44.6 Å². The van der Waals surface area contributed by atoms with Crippen LogP contribution < -0.4 is 9.47 Å². The van der Waals surface area contributed by atoms with Crippen LogP contribution in [0, 0.1) is 5.82 Å². The van der Waals surface area contributed by atoms with E-state index in [1.807, 2.05) is 31.2 Å². The summed E-state index contributed by atoms with van der Waals surface area (Å²) in [6.07, 6.45) is 7.07. The standard InChI is InChI=1S/C25H27FN2O3S/c1-3-31-22-15-17(13-14-21(22)30-2)16-23-24(29)28(18-9-5-4-6-10-18)25(32-23)27-20-12-8-7-11-19(20)26/h7-8,11-16,18H,3-6,9-10H2,1-2H3/b23-16-,27-25?. The van der Waals surface area contributed by atoms with E-state index in [9.17, 15) is 9.18 Å². The molecule has 0 unspecified atom stereocenters. The summed E-state index contributed by atoms with van der Waals surface area (Å²) < 4.78 is 25.3. The Labute approximate surface area is 192 Å². The van der Waals surface area contributed by atoms with Gasteiger partial charge in [0.15, 0.2) is 16.7 Å². The summed E-state index contributed by atoms with van der Waals surface area (Å²) in [7, 11) is 1.60. The van der Waals surface area contributed by atoms with E-state index in [4.69, 9.17) is 9.47 Å². The van der Waals surface area contributed by atoms with Crippen LogP contribution in [0.2, 0.25) is 0 Å². The molecule has 0 bridgehead atoms. The minimum Gasteiger partial charge on any atom is -0.493 e. The Morgan fingerprint density at radius 2 is 1.94 bits per heavy atom. The molecule has 1 saturated heterocycles. The van der Waals surface area contributed by atoms with Crippen molar-refractivity contribution in [3.8, 4) is 11.5 Å². The van der Waals surface area contributed by atoms with Gasteiger partial charge in [-0.15, -0.1) is 0 Å². The number of amidine groups is 1.